The van der Waals surface area contributed by atoms with Crippen molar-refractivity contribution in [2.45, 2.75) is 286 Å². The number of ether oxygens (including phenoxy) is 6. The molecule has 0 bridgehead atoms. The second-order valence-electron chi connectivity index (χ2n) is 36.0. The second kappa shape index (κ2) is 39.6. The summed E-state index contributed by atoms with van der Waals surface area (Å²) in [6.07, 6.45) is 16.8. The number of rotatable bonds is 6. The van der Waals surface area contributed by atoms with E-state index in [0.717, 1.165) is 170 Å². The molecule has 6 saturated heterocycles. The van der Waals surface area contributed by atoms with E-state index in [1.807, 2.05) is 0 Å². The summed E-state index contributed by atoms with van der Waals surface area (Å²) >= 11 is 0. The van der Waals surface area contributed by atoms with Crippen LogP contribution in [0, 0.1) is 12.8 Å². The van der Waals surface area contributed by atoms with E-state index < -0.39 is 33.5 Å². The topological polar surface area (TPSA) is 136 Å². The van der Waals surface area contributed by atoms with Gasteiger partial charge in [-0.2, -0.15) is 12.8 Å². The Morgan fingerprint density at radius 1 is 0.280 bits per heavy atom. The number of hydrogen-bond donors (Lipinski definition) is 4. The standard InChI is InChI=1S/C64H90O4.4C4H8O.2C4H7O.2Li/c1-57(2,3)39-29-43(53(65)47(33-39)61(13,14)15)51(44-30-40(58(4,5)6)34-48(54(44)66)62(16,17)18)37-26-25-27-38(28-37)52(45-31-41(59(7,8)9)35-49(55(45)67)63(19,20)21)46-32-42(60(10,11)12)36-50(56(46)68)64(22,23)24;6*1-2-4-5-3-1;;/h25-36,51-52,65-68H,1-24H3;4*1-4H2;2*1H,2-4H2;;/q;;;;;2*-1;2*+1. The van der Waals surface area contributed by atoms with E-state index in [1.165, 1.54) is 51.4 Å². The predicted octanol–water partition coefficient (Wildman–Crippen LogP) is 15.7. The molecular weight excluding hydrogens is 1230 g/mol. The van der Waals surface area contributed by atoms with Gasteiger partial charge < -0.3 is 61.7 Å². The molecule has 6 aliphatic heterocycles. The zero-order valence-corrected chi connectivity index (χ0v) is 68.0. The summed E-state index contributed by atoms with van der Waals surface area (Å²) in [6.45, 7) is 63.8. The van der Waals surface area contributed by atoms with Crippen molar-refractivity contribution in [3.05, 3.63) is 164 Å². The van der Waals surface area contributed by atoms with Crippen LogP contribution in [0.15, 0.2) is 72.8 Å². The van der Waals surface area contributed by atoms with Crippen LogP contribution in [0.2, 0.25) is 0 Å². The van der Waals surface area contributed by atoms with Gasteiger partial charge in [0.05, 0.1) is 0 Å². The number of benzene rings is 5. The molecule has 10 nitrogen and oxygen atoms in total. The number of hydrogen-bond acceptors (Lipinski definition) is 10. The quantitative estimate of drug-likeness (QED) is 0.0739. The summed E-state index contributed by atoms with van der Waals surface area (Å²) in [4.78, 5) is 0. The summed E-state index contributed by atoms with van der Waals surface area (Å²) in [7, 11) is 0. The summed E-state index contributed by atoms with van der Waals surface area (Å²) in [5, 5.41) is 51.4. The number of phenols is 4. The normalized spacial score (nSPS) is 16.6. The Labute approximate surface area is 633 Å². The zero-order chi connectivity index (χ0) is 73.2. The minimum absolute atomic E-state index is 0. The third kappa shape index (κ3) is 27.6. The van der Waals surface area contributed by atoms with Crippen LogP contribution in [-0.2, 0) is 71.7 Å². The van der Waals surface area contributed by atoms with Gasteiger partial charge in [0, 0.05) is 100 Å². The van der Waals surface area contributed by atoms with Crippen LogP contribution in [0.3, 0.4) is 0 Å². The van der Waals surface area contributed by atoms with Crippen molar-refractivity contribution < 1.29 is 86.6 Å². The Morgan fingerprint density at radius 2 is 0.490 bits per heavy atom. The maximum Gasteiger partial charge on any atom is 1.00 e. The fraction of sp³-hybridized carbons (Fsp3) is 0.636. The summed E-state index contributed by atoms with van der Waals surface area (Å²) in [6, 6.07) is 25.7. The van der Waals surface area contributed by atoms with Crippen LogP contribution in [-0.4, -0.2) is 99.7 Å². The average molecular weight is 1370 g/mol. The first-order valence-electron chi connectivity index (χ1n) is 37.2. The second-order valence-corrected chi connectivity index (χ2v) is 36.0. The Balaban J connectivity index is 0.000000654. The van der Waals surface area contributed by atoms with Crippen LogP contribution >= 0.6 is 0 Å². The third-order valence-electron chi connectivity index (χ3n) is 18.8. The van der Waals surface area contributed by atoms with E-state index in [0.29, 0.717) is 0 Å². The molecule has 4 N–H and O–H groups in total. The monoisotopic (exact) mass is 1370 g/mol. The van der Waals surface area contributed by atoms with Crippen LogP contribution in [0.5, 0.6) is 23.0 Å². The van der Waals surface area contributed by atoms with E-state index in [1.54, 1.807) is 0 Å². The van der Waals surface area contributed by atoms with E-state index in [9.17, 15) is 20.4 Å². The van der Waals surface area contributed by atoms with Crippen molar-refractivity contribution in [1.29, 1.82) is 0 Å². The first kappa shape index (κ1) is 90.5. The maximum absolute atomic E-state index is 12.8. The van der Waals surface area contributed by atoms with Crippen molar-refractivity contribution in [1.82, 2.24) is 0 Å². The molecule has 0 radical (unpaired) electrons. The number of phenolic OH excluding ortho intramolecular Hbond substituents is 4. The third-order valence-corrected chi connectivity index (χ3v) is 18.8. The fourth-order valence-corrected chi connectivity index (χ4v) is 12.4. The predicted molar refractivity (Wildman–Crippen MR) is 410 cm³/mol. The molecule has 0 saturated carbocycles. The molecule has 0 aromatic heterocycles. The van der Waals surface area contributed by atoms with Crippen LogP contribution < -0.4 is 37.7 Å². The van der Waals surface area contributed by atoms with Gasteiger partial charge in [0.1, 0.15) is 23.0 Å². The van der Waals surface area contributed by atoms with Crippen molar-refractivity contribution in [3.8, 4) is 23.0 Å². The molecule has 5 aromatic carbocycles. The minimum atomic E-state index is -0.623. The molecule has 0 spiro atoms. The van der Waals surface area contributed by atoms with Gasteiger partial charge in [-0.05, 0) is 150 Å². The van der Waals surface area contributed by atoms with E-state index in [-0.39, 0.29) is 82.4 Å². The summed E-state index contributed by atoms with van der Waals surface area (Å²) in [5.41, 5.74) is 9.76. The smallest absolute Gasteiger partial charge is 0.507 e. The fourth-order valence-electron chi connectivity index (χ4n) is 12.4. The van der Waals surface area contributed by atoms with Gasteiger partial charge in [-0.3, -0.25) is 0 Å². The molecule has 100 heavy (non-hydrogen) atoms. The van der Waals surface area contributed by atoms with E-state index in [2.05, 4.69) is 252 Å². The molecule has 0 atom stereocenters. The molecule has 6 aliphatic rings. The van der Waals surface area contributed by atoms with Crippen molar-refractivity contribution in [3.63, 3.8) is 0 Å². The molecule has 12 heteroatoms. The van der Waals surface area contributed by atoms with Gasteiger partial charge in [0.15, 0.2) is 0 Å². The van der Waals surface area contributed by atoms with Gasteiger partial charge >= 0.3 is 37.7 Å². The molecule has 6 fully saturated rings. The minimum Gasteiger partial charge on any atom is -0.507 e. The molecule has 0 unspecified atom stereocenters. The summed E-state index contributed by atoms with van der Waals surface area (Å²) in [5.74, 6) is -0.391. The molecule has 6 heterocycles. The SMILES string of the molecule is C1CCOC1.C1CCOC1.C1CCOC1.C1CCOC1.CC(C)(C)c1cc(C(c2cccc(C(c3cc(C(C)(C)C)cc(C(C)(C)C)c3O)c3cc(C(C)(C)C)cc(C(C)(C)C)c3O)c2)c2cc(C(C)(C)C)cc(C(C)(C)C)c2O)c(O)c(C(C)(C)C)c1.[CH-]1CCOC1.[CH-]1CCOC1.[Li+].[Li+]. The van der Waals surface area contributed by atoms with Crippen molar-refractivity contribution in [2.24, 2.45) is 0 Å². The van der Waals surface area contributed by atoms with Crippen molar-refractivity contribution >= 4 is 0 Å². The van der Waals surface area contributed by atoms with Gasteiger partial charge in [-0.15, -0.1) is 0 Å². The molecular formula is C88H136Li2O10. The van der Waals surface area contributed by atoms with Gasteiger partial charge in [0.25, 0.3) is 0 Å². The Kier molecular flexibility index (Phi) is 35.8. The largest absolute Gasteiger partial charge is 1.00 e. The Bertz CT molecular complexity index is 2760. The average Bonchev–Trinajstić information content (AvgIpc) is 1.48. The molecule has 11 rings (SSSR count). The van der Waals surface area contributed by atoms with Crippen molar-refractivity contribution in [2.75, 3.05) is 79.3 Å². The maximum atomic E-state index is 12.8. The van der Waals surface area contributed by atoms with Gasteiger partial charge in [-0.25, -0.2) is 0 Å². The molecule has 0 aliphatic carbocycles. The van der Waals surface area contributed by atoms with Gasteiger partial charge in [0.2, 0.25) is 0 Å². The van der Waals surface area contributed by atoms with Gasteiger partial charge in [-0.1, -0.05) is 252 Å². The van der Waals surface area contributed by atoms with E-state index in [4.69, 9.17) is 28.4 Å². The zero-order valence-electron chi connectivity index (χ0n) is 68.0. The Hall–Kier alpha value is -3.75. The molecule has 0 amide bonds. The van der Waals surface area contributed by atoms with Crippen LogP contribution in [0.4, 0.5) is 0 Å². The first-order valence-corrected chi connectivity index (χ1v) is 37.2. The first-order chi connectivity index (χ1) is 45.5. The number of aromatic hydroxyl groups is 4. The molecule has 5 aromatic rings. The van der Waals surface area contributed by atoms with E-state index >= 15 is 0 Å². The summed E-state index contributed by atoms with van der Waals surface area (Å²) < 4.78 is 29.6. The van der Waals surface area contributed by atoms with Crippen LogP contribution in [0.25, 0.3) is 0 Å². The van der Waals surface area contributed by atoms with Crippen LogP contribution in [0.1, 0.15) is 320 Å². The Morgan fingerprint density at radius 3 is 0.620 bits per heavy atom. The molecule has 550 valence electrons.